The smallest absolute Gasteiger partial charge is 1.00 e. The first kappa shape index (κ1) is 71.4. The van der Waals surface area contributed by atoms with Crippen LogP contribution >= 0.6 is 15.9 Å². The molecular formula is C64H70BrCs2FN4O9. The third kappa shape index (κ3) is 24.4. The zero-order chi connectivity index (χ0) is 57.9. The van der Waals surface area contributed by atoms with E-state index in [-0.39, 0.29) is 182 Å². The summed E-state index contributed by atoms with van der Waals surface area (Å²) in [5, 5.41) is 12.4. The average molecular weight is 1410 g/mol. The van der Waals surface area contributed by atoms with Gasteiger partial charge in [-0.05, 0) is 86.3 Å². The van der Waals surface area contributed by atoms with Gasteiger partial charge in [-0.25, -0.2) is 9.59 Å². The van der Waals surface area contributed by atoms with Crippen LogP contribution in [0.25, 0.3) is 0 Å². The number of esters is 2. The van der Waals surface area contributed by atoms with Crippen molar-refractivity contribution in [2.75, 3.05) is 60.4 Å². The second kappa shape index (κ2) is 42.9. The quantitative estimate of drug-likeness (QED) is 0.0480. The van der Waals surface area contributed by atoms with Crippen LogP contribution in [0.3, 0.4) is 0 Å². The number of benzene rings is 6. The van der Waals surface area contributed by atoms with E-state index in [1.807, 2.05) is 196 Å². The summed E-state index contributed by atoms with van der Waals surface area (Å²) >= 11 is 3.23. The molecule has 17 heteroatoms. The largest absolute Gasteiger partial charge is 1.00 e. The van der Waals surface area contributed by atoms with Crippen LogP contribution in [-0.2, 0) is 38.3 Å². The molecule has 4 atom stereocenters. The number of rotatable bonds is 12. The standard InChI is InChI=1S/C31H32N2O3.C22H26N2O3.C9H7Br.CH3F.CH2O3.2Cs.H/c1-32(21-12-15-24-13-6-3-7-14-24)27-20-22-33(28(23-27)31(35)36-2)30(34)29(25-16-8-4-9-17-25)26-18-10-5-11-19-26;1-23-18-13-14-24(19(15-18)22(26)27-2)21(25)20(16-9-5-3-6-10-16)17-11-7-4-8-12-17;10-8-4-7-9-5-2-1-3-6-9;1-2;2-1-4-3;;;/h3-11,13-14,16-19,27-29H,20-23H2,1-2H3;3-12,18-20,23H,13-15H2,1-2H3;1-3,5-6H,8H2;1H3;1,3H;;;/q;;;;;2*+1;-1/p-1/t27-,28+;18-,19+;;;;;;/m11....../s1/i;;;1D;;;;. The maximum Gasteiger partial charge on any atom is 1.00 e. The molecule has 2 fully saturated rings. The maximum atomic E-state index is 14.0. The molecule has 6 aromatic carbocycles. The van der Waals surface area contributed by atoms with Gasteiger partial charge in [0.1, 0.15) is 12.1 Å². The summed E-state index contributed by atoms with van der Waals surface area (Å²) in [5.41, 5.74) is 5.72. The molecule has 2 amide bonds. The summed E-state index contributed by atoms with van der Waals surface area (Å²) in [6.07, 6.45) is 2.65. The fourth-order valence-corrected chi connectivity index (χ4v) is 9.40. The van der Waals surface area contributed by atoms with Crippen molar-refractivity contribution in [3.05, 3.63) is 215 Å². The van der Waals surface area contributed by atoms with Gasteiger partial charge in [0.2, 0.25) is 11.8 Å². The number of carbonyl (C=O) groups is 5. The van der Waals surface area contributed by atoms with Gasteiger partial charge in [0.15, 0.2) is 0 Å². The second-order valence-electron chi connectivity index (χ2n) is 17.9. The molecule has 0 radical (unpaired) electrons. The van der Waals surface area contributed by atoms with E-state index >= 15 is 0 Å². The van der Waals surface area contributed by atoms with E-state index in [2.05, 4.69) is 54.7 Å². The van der Waals surface area contributed by atoms with Crippen molar-refractivity contribution >= 4 is 46.2 Å². The zero-order valence-corrected chi connectivity index (χ0v) is 61.1. The first-order chi connectivity index (χ1) is 39.0. The third-order valence-electron chi connectivity index (χ3n) is 13.2. The van der Waals surface area contributed by atoms with Gasteiger partial charge < -0.3 is 36.2 Å². The van der Waals surface area contributed by atoms with E-state index < -0.39 is 31.1 Å². The van der Waals surface area contributed by atoms with Gasteiger partial charge in [0.05, 0.1) is 46.5 Å². The molecule has 6 aromatic rings. The molecule has 416 valence electrons. The molecule has 81 heavy (non-hydrogen) atoms. The normalized spacial score (nSPS) is 15.8. The minimum Gasteiger partial charge on any atom is -1.00 e. The molecule has 0 aliphatic carbocycles. The van der Waals surface area contributed by atoms with Gasteiger partial charge in [-0.2, -0.15) is 0 Å². The SMILES string of the molecule is BrCC#Cc1ccccc1.CN[C@@H]1CCN(C(=O)C(c2ccccc2)c2ccccc2)[C@H](C(=O)OC)C1.COC(=O)[C@@H]1C[C@H](N(C)CC#Cc2ccccc2)CCN1C(=O)C(c1ccccc1)c1ccccc1.O=CO[O-].[2H]CF.[Cs+].[Cs+].[H-]. The van der Waals surface area contributed by atoms with Gasteiger partial charge in [-0.1, -0.05) is 197 Å². The molecule has 2 heterocycles. The Balaban J connectivity index is 0.000000642. The van der Waals surface area contributed by atoms with E-state index in [9.17, 15) is 23.6 Å². The van der Waals surface area contributed by atoms with Crippen LogP contribution in [-0.4, -0.2) is 130 Å². The number of carbonyl (C=O) groups excluding carboxylic acids is 5. The average Bonchev–Trinajstić information content (AvgIpc) is 3.55. The Hall–Kier alpha value is -3.82. The van der Waals surface area contributed by atoms with Gasteiger partial charge >= 0.3 is 150 Å². The van der Waals surface area contributed by atoms with Crippen LogP contribution in [0.5, 0.6) is 0 Å². The van der Waals surface area contributed by atoms with Crippen molar-refractivity contribution in [1.29, 1.82) is 0 Å². The van der Waals surface area contributed by atoms with Gasteiger partial charge in [-0.15, -0.1) is 0 Å². The molecule has 13 nitrogen and oxygen atoms in total. The number of halogens is 2. The Kier molecular flexibility index (Phi) is 37.8. The van der Waals surface area contributed by atoms with Crippen LogP contribution in [0, 0.1) is 23.7 Å². The number of ether oxygens (including phenoxy) is 2. The molecular weight excluding hydrogens is 1330 g/mol. The summed E-state index contributed by atoms with van der Waals surface area (Å²) in [6.45, 7) is 1.41. The maximum absolute atomic E-state index is 14.0. The van der Waals surface area contributed by atoms with Gasteiger partial charge in [0, 0.05) is 36.3 Å². The van der Waals surface area contributed by atoms with Gasteiger partial charge in [-0.3, -0.25) is 23.7 Å². The molecule has 1 N–H and O–H groups in total. The van der Waals surface area contributed by atoms with E-state index in [1.54, 1.807) is 9.80 Å². The topological polar surface area (TPSA) is 158 Å². The minimum atomic E-state index is -1.00. The molecule has 0 spiro atoms. The fraction of sp³-hybridized carbons (Fsp3) is 0.297. The first-order valence-electron chi connectivity index (χ1n) is 26.3. The van der Waals surface area contributed by atoms with Crippen LogP contribution < -0.4 is 148 Å². The molecule has 2 aliphatic rings. The predicted molar refractivity (Wildman–Crippen MR) is 308 cm³/mol. The number of nitrogens with zero attached hydrogens (tertiary/aromatic N) is 3. The van der Waals surface area contributed by atoms with Crippen molar-refractivity contribution < 1.29 is 189 Å². The van der Waals surface area contributed by atoms with Crippen molar-refractivity contribution in [1.82, 2.24) is 20.0 Å². The predicted octanol–water partition coefficient (Wildman–Crippen LogP) is 2.48. The molecule has 0 unspecified atom stereocenters. The number of amides is 2. The summed E-state index contributed by atoms with van der Waals surface area (Å²) in [5.74, 6) is 10.6. The number of methoxy groups -OCH3 is 2. The zero-order valence-electron chi connectivity index (χ0n) is 49.0. The molecule has 8 rings (SSSR count). The van der Waals surface area contributed by atoms with E-state index in [1.165, 1.54) is 14.2 Å². The summed E-state index contributed by atoms with van der Waals surface area (Å²) in [4.78, 5) is 69.8. The van der Waals surface area contributed by atoms with Crippen molar-refractivity contribution in [3.63, 3.8) is 0 Å². The Morgan fingerprint density at radius 3 is 1.33 bits per heavy atom. The van der Waals surface area contributed by atoms with Crippen LogP contribution in [0.2, 0.25) is 0 Å². The van der Waals surface area contributed by atoms with E-state index in [0.717, 1.165) is 51.6 Å². The van der Waals surface area contributed by atoms with E-state index in [0.29, 0.717) is 32.5 Å². The Morgan fingerprint density at radius 1 is 0.667 bits per heavy atom. The van der Waals surface area contributed by atoms with Crippen LogP contribution in [0.4, 0.5) is 4.39 Å². The summed E-state index contributed by atoms with van der Waals surface area (Å²) in [6, 6.07) is 57.9. The van der Waals surface area contributed by atoms with Gasteiger partial charge in [0.25, 0.3) is 6.47 Å². The Labute approximate surface area is 606 Å². The number of piperidine rings is 2. The van der Waals surface area contributed by atoms with Crippen LogP contribution in [0.1, 0.15) is 73.7 Å². The second-order valence-corrected chi connectivity index (χ2v) is 18.5. The molecule has 0 aromatic heterocycles. The number of likely N-dealkylation sites (tertiary alicyclic amines) is 2. The van der Waals surface area contributed by atoms with Crippen molar-refractivity contribution in [2.24, 2.45) is 0 Å². The number of hydrogen-bond acceptors (Lipinski definition) is 11. The Morgan fingerprint density at radius 2 is 1.00 bits per heavy atom. The van der Waals surface area contributed by atoms with Crippen LogP contribution in [0.15, 0.2) is 182 Å². The van der Waals surface area contributed by atoms with Crippen molar-refractivity contribution in [3.8, 4) is 23.7 Å². The molecule has 0 saturated carbocycles. The number of alkyl halides is 2. The minimum absolute atomic E-state index is 0. The third-order valence-corrected chi connectivity index (χ3v) is 13.5. The Bertz CT molecular complexity index is 2820. The van der Waals surface area contributed by atoms with E-state index in [4.69, 9.17) is 20.9 Å². The molecule has 2 saturated heterocycles. The molecule has 2 aliphatic heterocycles. The molecule has 0 bridgehead atoms. The monoisotopic (exact) mass is 1400 g/mol. The first-order valence-corrected chi connectivity index (χ1v) is 26.7. The fourth-order valence-electron chi connectivity index (χ4n) is 9.26. The summed E-state index contributed by atoms with van der Waals surface area (Å²) in [7, 11) is 5.66. The summed E-state index contributed by atoms with van der Waals surface area (Å²) < 4.78 is 25.6. The number of nitrogens with one attached hydrogen (secondary N) is 1. The van der Waals surface area contributed by atoms with Crippen molar-refractivity contribution in [2.45, 2.75) is 61.7 Å². The number of hydrogen-bond donors (Lipinski definition) is 1.